The van der Waals surface area contributed by atoms with Gasteiger partial charge in [-0.25, -0.2) is 0 Å². The van der Waals surface area contributed by atoms with Crippen molar-refractivity contribution >= 4 is 33.6 Å². The molecule has 0 aliphatic carbocycles. The average molecular weight is 455 g/mol. The second-order valence-corrected chi connectivity index (χ2v) is 9.69. The standard InChI is InChI=1S/C28H30N4O2/c33-27-16-22(24-18-30-26-9-4-2-7-21(24)26)28(34)32(27)13-5-12-31-14-10-19(11-15-31)23-17-29-25-8-3-1-6-20(23)25/h1-4,6-9,17-19,22,29-30H,5,10-16H2. The van der Waals surface area contributed by atoms with E-state index in [1.165, 1.54) is 21.4 Å². The first-order chi connectivity index (χ1) is 16.7. The molecule has 2 aliphatic rings. The molecule has 2 aliphatic heterocycles. The molecule has 1 unspecified atom stereocenters. The molecule has 4 aromatic rings. The Morgan fingerprint density at radius 1 is 0.794 bits per heavy atom. The van der Waals surface area contributed by atoms with Crippen molar-refractivity contribution in [1.82, 2.24) is 19.8 Å². The van der Waals surface area contributed by atoms with Gasteiger partial charge < -0.3 is 14.9 Å². The fraction of sp³-hybridized carbons (Fsp3) is 0.357. The molecule has 2 fully saturated rings. The van der Waals surface area contributed by atoms with Crippen molar-refractivity contribution in [2.45, 2.75) is 37.5 Å². The summed E-state index contributed by atoms with van der Waals surface area (Å²) in [6.07, 6.45) is 7.46. The molecule has 2 aromatic carbocycles. The number of nitrogens with one attached hydrogen (secondary N) is 2. The topological polar surface area (TPSA) is 72.2 Å². The Hall–Kier alpha value is -3.38. The maximum Gasteiger partial charge on any atom is 0.237 e. The lowest BCUT2D eigenvalue weighted by Gasteiger charge is -2.32. The Kier molecular flexibility index (Phi) is 5.46. The van der Waals surface area contributed by atoms with E-state index >= 15 is 0 Å². The van der Waals surface area contributed by atoms with Gasteiger partial charge in [-0.05, 0) is 68.1 Å². The lowest BCUT2D eigenvalue weighted by Crippen LogP contribution is -2.37. The number of hydrogen-bond donors (Lipinski definition) is 2. The van der Waals surface area contributed by atoms with Crippen molar-refractivity contribution in [3.63, 3.8) is 0 Å². The Balaban J connectivity index is 1.03. The second kappa shape index (κ2) is 8.76. The molecule has 0 saturated carbocycles. The first-order valence-electron chi connectivity index (χ1n) is 12.4. The smallest absolute Gasteiger partial charge is 0.237 e. The molecule has 2 amide bonds. The molecule has 2 N–H and O–H groups in total. The molecule has 0 spiro atoms. The first kappa shape index (κ1) is 21.2. The minimum Gasteiger partial charge on any atom is -0.361 e. The van der Waals surface area contributed by atoms with Crippen LogP contribution in [-0.4, -0.2) is 57.8 Å². The van der Waals surface area contributed by atoms with E-state index in [1.807, 2.05) is 30.5 Å². The molecule has 6 heteroatoms. The van der Waals surface area contributed by atoms with Crippen LogP contribution in [0.3, 0.4) is 0 Å². The summed E-state index contributed by atoms with van der Waals surface area (Å²) in [6.45, 7) is 3.56. The monoisotopic (exact) mass is 454 g/mol. The SMILES string of the molecule is O=C1CC(c2c[nH]c3ccccc23)C(=O)N1CCCN1CCC(c2c[nH]c3ccccc23)CC1. The van der Waals surface area contributed by atoms with E-state index in [-0.39, 0.29) is 24.2 Å². The highest BCUT2D eigenvalue weighted by atomic mass is 16.2. The van der Waals surface area contributed by atoms with Gasteiger partial charge in [-0.15, -0.1) is 0 Å². The van der Waals surface area contributed by atoms with E-state index in [4.69, 9.17) is 0 Å². The van der Waals surface area contributed by atoms with E-state index in [0.29, 0.717) is 12.5 Å². The average Bonchev–Trinajstić information content (AvgIpc) is 3.56. The number of aromatic amines is 2. The van der Waals surface area contributed by atoms with E-state index in [2.05, 4.69) is 45.3 Å². The molecule has 4 heterocycles. The lowest BCUT2D eigenvalue weighted by atomic mass is 9.89. The third-order valence-corrected chi connectivity index (χ3v) is 7.75. The maximum atomic E-state index is 13.1. The number of hydrogen-bond acceptors (Lipinski definition) is 3. The van der Waals surface area contributed by atoms with E-state index in [0.717, 1.165) is 55.4 Å². The highest BCUT2D eigenvalue weighted by molar-refractivity contribution is 6.07. The first-order valence-corrected chi connectivity index (χ1v) is 12.4. The quantitative estimate of drug-likeness (QED) is 0.413. The number of rotatable bonds is 6. The normalized spacial score (nSPS) is 20.2. The number of benzene rings is 2. The van der Waals surface area contributed by atoms with Crippen LogP contribution in [0.2, 0.25) is 0 Å². The molecule has 6 nitrogen and oxygen atoms in total. The Labute approximate surface area is 198 Å². The van der Waals surface area contributed by atoms with E-state index < -0.39 is 0 Å². The second-order valence-electron chi connectivity index (χ2n) is 9.69. The van der Waals surface area contributed by atoms with Gasteiger partial charge in [0, 0.05) is 47.2 Å². The Morgan fingerprint density at radius 2 is 1.41 bits per heavy atom. The number of para-hydroxylation sites is 2. The van der Waals surface area contributed by atoms with Crippen molar-refractivity contribution in [2.24, 2.45) is 0 Å². The minimum atomic E-state index is -0.365. The van der Waals surface area contributed by atoms with Gasteiger partial charge in [0.1, 0.15) is 0 Å². The van der Waals surface area contributed by atoms with Crippen LogP contribution in [-0.2, 0) is 9.59 Å². The molecular weight excluding hydrogens is 424 g/mol. The molecular formula is C28H30N4O2. The Morgan fingerprint density at radius 3 is 2.12 bits per heavy atom. The number of fused-ring (bicyclic) bond motifs is 2. The van der Waals surface area contributed by atoms with Crippen LogP contribution >= 0.6 is 0 Å². The highest BCUT2D eigenvalue weighted by Gasteiger charge is 2.40. The van der Waals surface area contributed by atoms with Crippen LogP contribution in [0, 0.1) is 0 Å². The fourth-order valence-electron chi connectivity index (χ4n) is 5.90. The highest BCUT2D eigenvalue weighted by Crippen LogP contribution is 2.35. The summed E-state index contributed by atoms with van der Waals surface area (Å²) in [5, 5.41) is 2.38. The molecule has 34 heavy (non-hydrogen) atoms. The van der Waals surface area contributed by atoms with Crippen molar-refractivity contribution in [3.05, 3.63) is 72.1 Å². The van der Waals surface area contributed by atoms with Crippen LogP contribution in [0.5, 0.6) is 0 Å². The predicted octanol–water partition coefficient (Wildman–Crippen LogP) is 4.76. The zero-order chi connectivity index (χ0) is 23.1. The van der Waals surface area contributed by atoms with Gasteiger partial charge in [0.05, 0.1) is 5.92 Å². The number of carbonyl (C=O) groups excluding carboxylic acids is 2. The summed E-state index contributed by atoms with van der Waals surface area (Å²) in [7, 11) is 0. The largest absolute Gasteiger partial charge is 0.361 e. The number of H-pyrrole nitrogens is 2. The van der Waals surface area contributed by atoms with Gasteiger partial charge in [0.25, 0.3) is 0 Å². The molecule has 0 bridgehead atoms. The summed E-state index contributed by atoms with van der Waals surface area (Å²) in [6, 6.07) is 16.5. The number of amides is 2. The van der Waals surface area contributed by atoms with Crippen LogP contribution in [0.1, 0.15) is 48.6 Å². The van der Waals surface area contributed by atoms with Gasteiger partial charge >= 0.3 is 0 Å². The number of imide groups is 1. The van der Waals surface area contributed by atoms with E-state index in [9.17, 15) is 9.59 Å². The minimum absolute atomic E-state index is 0.0432. The van der Waals surface area contributed by atoms with Gasteiger partial charge in [-0.2, -0.15) is 0 Å². The van der Waals surface area contributed by atoms with Crippen molar-refractivity contribution in [3.8, 4) is 0 Å². The number of piperidine rings is 1. The zero-order valence-electron chi connectivity index (χ0n) is 19.3. The molecule has 2 saturated heterocycles. The Bertz CT molecular complexity index is 1340. The predicted molar refractivity (Wildman–Crippen MR) is 134 cm³/mol. The summed E-state index contributed by atoms with van der Waals surface area (Å²) >= 11 is 0. The van der Waals surface area contributed by atoms with Crippen molar-refractivity contribution in [2.75, 3.05) is 26.2 Å². The van der Waals surface area contributed by atoms with Gasteiger partial charge in [-0.1, -0.05) is 36.4 Å². The molecule has 1 atom stereocenters. The van der Waals surface area contributed by atoms with Crippen molar-refractivity contribution < 1.29 is 9.59 Å². The number of nitrogens with zero attached hydrogens (tertiary/aromatic N) is 2. The third-order valence-electron chi connectivity index (χ3n) is 7.75. The molecule has 0 radical (unpaired) electrons. The summed E-state index contributed by atoms with van der Waals surface area (Å²) in [5.74, 6) is 0.132. The third kappa shape index (κ3) is 3.72. The summed E-state index contributed by atoms with van der Waals surface area (Å²) in [5.41, 5.74) is 4.60. The van der Waals surface area contributed by atoms with Crippen LogP contribution in [0.4, 0.5) is 0 Å². The fourth-order valence-corrected chi connectivity index (χ4v) is 5.90. The summed E-state index contributed by atoms with van der Waals surface area (Å²) < 4.78 is 0. The molecule has 2 aromatic heterocycles. The number of carbonyl (C=O) groups is 2. The van der Waals surface area contributed by atoms with Gasteiger partial charge in [0.2, 0.25) is 11.8 Å². The number of likely N-dealkylation sites (tertiary alicyclic amines) is 2. The maximum absolute atomic E-state index is 13.1. The summed E-state index contributed by atoms with van der Waals surface area (Å²) in [4.78, 5) is 36.4. The van der Waals surface area contributed by atoms with Crippen molar-refractivity contribution in [1.29, 1.82) is 0 Å². The van der Waals surface area contributed by atoms with Crippen LogP contribution < -0.4 is 0 Å². The van der Waals surface area contributed by atoms with Crippen LogP contribution in [0.15, 0.2) is 60.9 Å². The van der Waals surface area contributed by atoms with E-state index in [1.54, 1.807) is 0 Å². The lowest BCUT2D eigenvalue weighted by molar-refractivity contribution is -0.138. The number of aromatic nitrogens is 2. The van der Waals surface area contributed by atoms with Crippen LogP contribution in [0.25, 0.3) is 21.8 Å². The van der Waals surface area contributed by atoms with Gasteiger partial charge in [-0.3, -0.25) is 14.5 Å². The van der Waals surface area contributed by atoms with Gasteiger partial charge in [0.15, 0.2) is 0 Å². The molecule has 174 valence electrons. The zero-order valence-corrected chi connectivity index (χ0v) is 19.3. The molecule has 6 rings (SSSR count).